The fourth-order valence-electron chi connectivity index (χ4n) is 6.54. The molecule has 2 aliphatic rings. The standard InChI is InChI=1S/C38H54O/c1-3-9-31-13-21-35(22-14-31)37-25-17-33(18-26-37)11-5-7-29-39-30-8-6-12-34-19-27-38(28-20-34)36-23-15-32(10-4-2)16-24-36/h13-17,19,21-24,37-38H,3-12,18,20,25-30H2,1-2H3. The average molecular weight is 527 g/mol. The molecule has 0 N–H and O–H groups in total. The Balaban J connectivity index is 1.00. The molecule has 2 aromatic carbocycles. The zero-order valence-electron chi connectivity index (χ0n) is 25.1. The minimum absolute atomic E-state index is 0.723. The summed E-state index contributed by atoms with van der Waals surface area (Å²) in [5, 5.41) is 0. The van der Waals surface area contributed by atoms with Gasteiger partial charge in [-0.3, -0.25) is 0 Å². The minimum atomic E-state index is 0.723. The fraction of sp³-hybridized carbons (Fsp3) is 0.579. The van der Waals surface area contributed by atoms with E-state index in [1.165, 1.54) is 125 Å². The van der Waals surface area contributed by atoms with Crippen LogP contribution in [0.15, 0.2) is 71.8 Å². The molecule has 2 atom stereocenters. The van der Waals surface area contributed by atoms with Crippen molar-refractivity contribution in [1.82, 2.24) is 0 Å². The van der Waals surface area contributed by atoms with Crippen LogP contribution in [0.25, 0.3) is 0 Å². The van der Waals surface area contributed by atoms with E-state index in [-0.39, 0.29) is 0 Å². The van der Waals surface area contributed by atoms with Crippen LogP contribution >= 0.6 is 0 Å². The first-order valence-electron chi connectivity index (χ1n) is 16.4. The van der Waals surface area contributed by atoms with Crippen molar-refractivity contribution in [1.29, 1.82) is 0 Å². The van der Waals surface area contributed by atoms with Gasteiger partial charge in [-0.2, -0.15) is 0 Å². The predicted molar refractivity (Wildman–Crippen MR) is 169 cm³/mol. The first kappa shape index (κ1) is 29.9. The number of rotatable bonds is 16. The van der Waals surface area contributed by atoms with E-state index < -0.39 is 0 Å². The lowest BCUT2D eigenvalue weighted by molar-refractivity contribution is 0.126. The molecule has 0 saturated carbocycles. The third-order valence-corrected chi connectivity index (χ3v) is 9.06. The molecule has 2 unspecified atom stereocenters. The van der Waals surface area contributed by atoms with Crippen molar-refractivity contribution < 1.29 is 4.74 Å². The maximum Gasteiger partial charge on any atom is 0.0466 e. The van der Waals surface area contributed by atoms with Crippen molar-refractivity contribution in [3.63, 3.8) is 0 Å². The molecule has 2 aliphatic carbocycles. The molecule has 0 spiro atoms. The fourth-order valence-corrected chi connectivity index (χ4v) is 6.54. The molecule has 0 aromatic heterocycles. The summed E-state index contributed by atoms with van der Waals surface area (Å²) in [5.74, 6) is 1.45. The molecular formula is C38H54O. The minimum Gasteiger partial charge on any atom is -0.381 e. The lowest BCUT2D eigenvalue weighted by Gasteiger charge is -2.23. The Labute approximate surface area is 240 Å². The van der Waals surface area contributed by atoms with Crippen LogP contribution in [0.4, 0.5) is 0 Å². The van der Waals surface area contributed by atoms with Crippen molar-refractivity contribution in [3.8, 4) is 0 Å². The van der Waals surface area contributed by atoms with E-state index in [0.717, 1.165) is 25.0 Å². The summed E-state index contributed by atoms with van der Waals surface area (Å²) in [6, 6.07) is 18.9. The van der Waals surface area contributed by atoms with Gasteiger partial charge in [-0.25, -0.2) is 0 Å². The molecule has 39 heavy (non-hydrogen) atoms. The molecular weight excluding hydrogens is 472 g/mol. The van der Waals surface area contributed by atoms with Gasteiger partial charge in [0.2, 0.25) is 0 Å². The lowest BCUT2D eigenvalue weighted by Crippen LogP contribution is -2.05. The van der Waals surface area contributed by atoms with Crippen LogP contribution in [0.1, 0.15) is 138 Å². The molecule has 0 bridgehead atoms. The Hall–Kier alpha value is -2.12. The Morgan fingerprint density at radius 3 is 1.36 bits per heavy atom. The lowest BCUT2D eigenvalue weighted by atomic mass is 9.83. The second kappa shape index (κ2) is 16.9. The largest absolute Gasteiger partial charge is 0.381 e. The molecule has 0 fully saturated rings. The van der Waals surface area contributed by atoms with Crippen molar-refractivity contribution >= 4 is 0 Å². The Morgan fingerprint density at radius 1 is 0.564 bits per heavy atom. The highest BCUT2D eigenvalue weighted by molar-refractivity contribution is 5.29. The zero-order chi connectivity index (χ0) is 27.1. The summed E-state index contributed by atoms with van der Waals surface area (Å²) in [7, 11) is 0. The maximum absolute atomic E-state index is 5.98. The van der Waals surface area contributed by atoms with E-state index >= 15 is 0 Å². The van der Waals surface area contributed by atoms with E-state index in [1.807, 2.05) is 0 Å². The highest BCUT2D eigenvalue weighted by Gasteiger charge is 2.17. The molecule has 2 aromatic rings. The summed E-state index contributed by atoms with van der Waals surface area (Å²) < 4.78 is 5.98. The Morgan fingerprint density at radius 2 is 1.00 bits per heavy atom. The number of benzene rings is 2. The van der Waals surface area contributed by atoms with Crippen LogP contribution in [0.5, 0.6) is 0 Å². The Bertz CT molecular complexity index is 926. The second-order valence-electron chi connectivity index (χ2n) is 12.2. The van der Waals surface area contributed by atoms with Gasteiger partial charge in [0.05, 0.1) is 0 Å². The normalized spacial score (nSPS) is 19.5. The van der Waals surface area contributed by atoms with Gasteiger partial charge in [0.15, 0.2) is 0 Å². The Kier molecular flexibility index (Phi) is 12.9. The third kappa shape index (κ3) is 10.1. The summed E-state index contributed by atoms with van der Waals surface area (Å²) in [5.41, 5.74) is 9.41. The molecule has 212 valence electrons. The van der Waals surface area contributed by atoms with E-state index in [0.29, 0.717) is 0 Å². The van der Waals surface area contributed by atoms with Crippen LogP contribution in [0.3, 0.4) is 0 Å². The molecule has 0 amide bonds. The van der Waals surface area contributed by atoms with Crippen LogP contribution < -0.4 is 0 Å². The van der Waals surface area contributed by atoms with E-state index in [2.05, 4.69) is 74.5 Å². The van der Waals surface area contributed by atoms with E-state index in [1.54, 1.807) is 11.1 Å². The van der Waals surface area contributed by atoms with Crippen molar-refractivity contribution in [2.45, 2.75) is 128 Å². The SMILES string of the molecule is CCCc1ccc(C2CC=C(CCCCOCCCCC3=CCC(c4ccc(CCC)cc4)CC3)CC2)cc1. The highest BCUT2D eigenvalue weighted by Crippen LogP contribution is 2.35. The molecule has 1 heteroatoms. The van der Waals surface area contributed by atoms with Crippen LogP contribution in [0.2, 0.25) is 0 Å². The average Bonchev–Trinajstić information content (AvgIpc) is 2.98. The molecule has 4 rings (SSSR count). The van der Waals surface area contributed by atoms with Crippen molar-refractivity contribution in [2.75, 3.05) is 13.2 Å². The number of hydrogen-bond acceptors (Lipinski definition) is 1. The van der Waals surface area contributed by atoms with Gasteiger partial charge < -0.3 is 4.74 Å². The van der Waals surface area contributed by atoms with Gasteiger partial charge in [-0.15, -0.1) is 0 Å². The monoisotopic (exact) mass is 526 g/mol. The van der Waals surface area contributed by atoms with Gasteiger partial charge in [-0.05, 0) is 124 Å². The second-order valence-corrected chi connectivity index (χ2v) is 12.2. The third-order valence-electron chi connectivity index (χ3n) is 9.06. The highest BCUT2D eigenvalue weighted by atomic mass is 16.5. The number of aryl methyl sites for hydroxylation is 2. The van der Waals surface area contributed by atoms with Gasteiger partial charge in [0.1, 0.15) is 0 Å². The summed E-state index contributed by atoms with van der Waals surface area (Å²) in [6.07, 6.45) is 25.1. The number of unbranched alkanes of at least 4 members (excludes halogenated alkanes) is 2. The predicted octanol–water partition coefficient (Wildman–Crippen LogP) is 11.0. The van der Waals surface area contributed by atoms with Gasteiger partial charge in [0, 0.05) is 13.2 Å². The molecule has 0 saturated heterocycles. The van der Waals surface area contributed by atoms with Crippen molar-refractivity contribution in [3.05, 3.63) is 94.1 Å². The van der Waals surface area contributed by atoms with Gasteiger partial charge in [-0.1, -0.05) is 98.5 Å². The van der Waals surface area contributed by atoms with Crippen LogP contribution in [-0.4, -0.2) is 13.2 Å². The maximum atomic E-state index is 5.98. The van der Waals surface area contributed by atoms with Crippen LogP contribution in [-0.2, 0) is 17.6 Å². The summed E-state index contributed by atoms with van der Waals surface area (Å²) in [6.45, 7) is 6.38. The van der Waals surface area contributed by atoms with Crippen molar-refractivity contribution in [2.24, 2.45) is 0 Å². The van der Waals surface area contributed by atoms with E-state index in [4.69, 9.17) is 4.74 Å². The number of hydrogen-bond donors (Lipinski definition) is 0. The van der Waals surface area contributed by atoms with Gasteiger partial charge >= 0.3 is 0 Å². The quantitative estimate of drug-likeness (QED) is 0.156. The van der Waals surface area contributed by atoms with Crippen LogP contribution in [0, 0.1) is 0 Å². The number of ether oxygens (including phenoxy) is 1. The number of allylic oxidation sites excluding steroid dienone is 4. The first-order chi connectivity index (χ1) is 19.2. The smallest absolute Gasteiger partial charge is 0.0466 e. The van der Waals surface area contributed by atoms with E-state index in [9.17, 15) is 0 Å². The molecule has 1 nitrogen and oxygen atoms in total. The zero-order valence-corrected chi connectivity index (χ0v) is 25.1. The summed E-state index contributed by atoms with van der Waals surface area (Å²) >= 11 is 0. The molecule has 0 heterocycles. The summed E-state index contributed by atoms with van der Waals surface area (Å²) in [4.78, 5) is 0. The topological polar surface area (TPSA) is 9.23 Å². The van der Waals surface area contributed by atoms with Gasteiger partial charge in [0.25, 0.3) is 0 Å². The first-order valence-corrected chi connectivity index (χ1v) is 16.4. The molecule has 0 radical (unpaired) electrons. The molecule has 0 aliphatic heterocycles.